The molecule has 0 bridgehead atoms. The maximum atomic E-state index is 11.5. The van der Waals surface area contributed by atoms with Crippen molar-refractivity contribution in [1.82, 2.24) is 10.6 Å². The average molecular weight is 316 g/mol. The van der Waals surface area contributed by atoms with Gasteiger partial charge in [-0.1, -0.05) is 41.4 Å². The molecule has 1 aliphatic rings. The number of nitrogens with one attached hydrogen (secondary N) is 2. The topological polar surface area (TPSA) is 76.7 Å². The van der Waals surface area contributed by atoms with Gasteiger partial charge in [0.2, 0.25) is 6.23 Å². The Bertz CT molecular complexity index is 424. The van der Waals surface area contributed by atoms with Crippen molar-refractivity contribution < 1.29 is 19.1 Å². The van der Waals surface area contributed by atoms with E-state index in [1.54, 1.807) is 0 Å². The Kier molecular flexibility index (Phi) is 5.28. The van der Waals surface area contributed by atoms with Crippen LogP contribution >= 0.6 is 34.8 Å². The van der Waals surface area contributed by atoms with Crippen LogP contribution < -0.4 is 10.6 Å². The minimum absolute atomic E-state index is 0.0794. The molecule has 0 spiro atoms. The Morgan fingerprint density at radius 1 is 1.56 bits per heavy atom. The molecule has 0 aromatic heterocycles. The van der Waals surface area contributed by atoms with Gasteiger partial charge in [0.15, 0.2) is 6.23 Å². The lowest BCUT2D eigenvalue weighted by Gasteiger charge is -2.18. The first kappa shape index (κ1) is 15.1. The summed E-state index contributed by atoms with van der Waals surface area (Å²) in [7, 11) is 1.33. The molecule has 2 amide bonds. The van der Waals surface area contributed by atoms with Gasteiger partial charge in [0.05, 0.1) is 5.03 Å². The lowest BCUT2D eigenvalue weighted by Crippen LogP contribution is -2.47. The Morgan fingerprint density at radius 2 is 2.17 bits per heavy atom. The maximum Gasteiger partial charge on any atom is 0.353 e. The molecular formula is C9H9Cl3N2O4. The number of hydrogen-bond donors (Lipinski definition) is 2. The van der Waals surface area contributed by atoms with Crippen LogP contribution in [-0.2, 0) is 14.3 Å². The Labute approximate surface area is 118 Å². The molecule has 9 heteroatoms. The van der Waals surface area contributed by atoms with Crippen LogP contribution in [-0.4, -0.2) is 31.6 Å². The van der Waals surface area contributed by atoms with Crippen molar-refractivity contribution in [3.8, 4) is 0 Å². The van der Waals surface area contributed by atoms with Crippen LogP contribution in [0.4, 0.5) is 4.79 Å². The van der Waals surface area contributed by atoms with E-state index in [0.29, 0.717) is 0 Å². The number of methoxy groups -OCH3 is 1. The zero-order chi connectivity index (χ0) is 13.9. The smallest absolute Gasteiger partial charge is 0.353 e. The summed E-state index contributed by atoms with van der Waals surface area (Å²) in [6, 6.07) is -0.717. The SMILES string of the molecule is C=C(Cl)C(NC(=O)NC1OC(=O)C(Cl)=C1Cl)OC. The summed E-state index contributed by atoms with van der Waals surface area (Å²) in [5.74, 6) is -0.808. The second kappa shape index (κ2) is 6.29. The van der Waals surface area contributed by atoms with E-state index < -0.39 is 24.5 Å². The van der Waals surface area contributed by atoms with Gasteiger partial charge in [0.1, 0.15) is 10.1 Å². The summed E-state index contributed by atoms with van der Waals surface area (Å²) in [4.78, 5) is 22.5. The molecule has 0 saturated heterocycles. The first-order chi connectivity index (χ1) is 8.36. The molecule has 1 aliphatic heterocycles. The van der Waals surface area contributed by atoms with Crippen LogP contribution in [0.2, 0.25) is 0 Å². The van der Waals surface area contributed by atoms with Gasteiger partial charge in [-0.05, 0) is 0 Å². The van der Waals surface area contributed by atoms with E-state index in [0.717, 1.165) is 0 Å². The third-order valence-electron chi connectivity index (χ3n) is 1.89. The fourth-order valence-corrected chi connectivity index (χ4v) is 1.52. The summed E-state index contributed by atoms with van der Waals surface area (Å²) < 4.78 is 9.52. The third-order valence-corrected chi connectivity index (χ3v) is 2.93. The van der Waals surface area contributed by atoms with E-state index in [-0.39, 0.29) is 15.1 Å². The van der Waals surface area contributed by atoms with Crippen molar-refractivity contribution in [2.75, 3.05) is 7.11 Å². The van der Waals surface area contributed by atoms with E-state index in [2.05, 4.69) is 21.9 Å². The number of ether oxygens (including phenoxy) is 2. The van der Waals surface area contributed by atoms with Crippen molar-refractivity contribution in [1.29, 1.82) is 0 Å². The largest absolute Gasteiger partial charge is 0.432 e. The number of cyclic esters (lactones) is 1. The second-order valence-electron chi connectivity index (χ2n) is 3.13. The standard InChI is InChI=1S/C9H9Cl3N2O4/c1-3(10)6(17-2)13-9(16)14-7-4(11)5(12)8(15)18-7/h6-7H,1H2,2H3,(H2,13,14,16). The highest BCUT2D eigenvalue weighted by Gasteiger charge is 2.33. The number of halogens is 3. The van der Waals surface area contributed by atoms with Crippen LogP contribution in [0.1, 0.15) is 0 Å². The molecule has 2 atom stereocenters. The fraction of sp³-hybridized carbons (Fsp3) is 0.333. The van der Waals surface area contributed by atoms with E-state index in [1.165, 1.54) is 7.11 Å². The van der Waals surface area contributed by atoms with Gasteiger partial charge in [-0.15, -0.1) is 0 Å². The average Bonchev–Trinajstić information content (AvgIpc) is 2.53. The van der Waals surface area contributed by atoms with Crippen LogP contribution in [0.5, 0.6) is 0 Å². The van der Waals surface area contributed by atoms with E-state index in [4.69, 9.17) is 39.5 Å². The molecule has 1 heterocycles. The van der Waals surface area contributed by atoms with Crippen molar-refractivity contribution >= 4 is 46.8 Å². The van der Waals surface area contributed by atoms with Gasteiger partial charge in [-0.25, -0.2) is 9.59 Å². The van der Waals surface area contributed by atoms with Crippen molar-refractivity contribution in [3.63, 3.8) is 0 Å². The number of urea groups is 1. The Balaban J connectivity index is 2.57. The molecule has 0 fully saturated rings. The van der Waals surface area contributed by atoms with E-state index in [1.807, 2.05) is 0 Å². The summed E-state index contributed by atoms with van der Waals surface area (Å²) in [6.07, 6.45) is -2.02. The first-order valence-corrected chi connectivity index (χ1v) is 5.70. The lowest BCUT2D eigenvalue weighted by molar-refractivity contribution is -0.139. The number of carbonyl (C=O) groups excluding carboxylic acids is 2. The minimum Gasteiger partial charge on any atom is -0.432 e. The van der Waals surface area contributed by atoms with E-state index >= 15 is 0 Å². The normalized spacial score (nSPS) is 20.4. The first-order valence-electron chi connectivity index (χ1n) is 4.57. The molecule has 0 radical (unpaired) electrons. The molecule has 0 aromatic carbocycles. The van der Waals surface area contributed by atoms with E-state index in [9.17, 15) is 9.59 Å². The molecule has 0 aromatic rings. The highest BCUT2D eigenvalue weighted by molar-refractivity contribution is 6.48. The zero-order valence-corrected chi connectivity index (χ0v) is 11.4. The predicted octanol–water partition coefficient (Wildman–Crippen LogP) is 1.58. The monoisotopic (exact) mass is 314 g/mol. The summed E-state index contributed by atoms with van der Waals surface area (Å²) in [6.45, 7) is 3.41. The Hall–Kier alpha value is -0.950. The Morgan fingerprint density at radius 3 is 2.56 bits per heavy atom. The number of hydrogen-bond acceptors (Lipinski definition) is 4. The molecule has 2 N–H and O–H groups in total. The van der Waals surface area contributed by atoms with Crippen molar-refractivity contribution in [2.45, 2.75) is 12.5 Å². The van der Waals surface area contributed by atoms with Crippen LogP contribution in [0, 0.1) is 0 Å². The number of rotatable bonds is 4. The summed E-state index contributed by atoms with van der Waals surface area (Å²) in [5, 5.41) is 4.29. The fourth-order valence-electron chi connectivity index (χ4n) is 1.06. The van der Waals surface area contributed by atoms with Gasteiger partial charge in [0.25, 0.3) is 0 Å². The predicted molar refractivity (Wildman–Crippen MR) is 66.1 cm³/mol. The van der Waals surface area contributed by atoms with Gasteiger partial charge in [-0.2, -0.15) is 0 Å². The van der Waals surface area contributed by atoms with Crippen molar-refractivity contribution in [2.24, 2.45) is 0 Å². The minimum atomic E-state index is -1.13. The molecule has 6 nitrogen and oxygen atoms in total. The molecule has 1 rings (SSSR count). The molecular weight excluding hydrogens is 306 g/mol. The van der Waals surface area contributed by atoms with Crippen LogP contribution in [0.15, 0.2) is 21.7 Å². The zero-order valence-electron chi connectivity index (χ0n) is 9.13. The van der Waals surface area contributed by atoms with Gasteiger partial charge >= 0.3 is 12.0 Å². The van der Waals surface area contributed by atoms with Crippen molar-refractivity contribution in [3.05, 3.63) is 21.7 Å². The van der Waals surface area contributed by atoms with Gasteiger partial charge in [-0.3, -0.25) is 5.32 Å². The lowest BCUT2D eigenvalue weighted by atomic mass is 10.5. The number of carbonyl (C=O) groups is 2. The number of esters is 1. The van der Waals surface area contributed by atoms with Crippen LogP contribution in [0.3, 0.4) is 0 Å². The molecule has 18 heavy (non-hydrogen) atoms. The third kappa shape index (κ3) is 3.52. The van der Waals surface area contributed by atoms with Crippen LogP contribution in [0.25, 0.3) is 0 Å². The molecule has 0 saturated carbocycles. The highest BCUT2D eigenvalue weighted by Crippen LogP contribution is 2.26. The molecule has 0 aliphatic carbocycles. The van der Waals surface area contributed by atoms with Gasteiger partial charge < -0.3 is 14.8 Å². The quantitative estimate of drug-likeness (QED) is 0.610. The highest BCUT2D eigenvalue weighted by atomic mass is 35.5. The maximum absolute atomic E-state index is 11.5. The van der Waals surface area contributed by atoms with Gasteiger partial charge in [0, 0.05) is 7.11 Å². The molecule has 100 valence electrons. The summed E-state index contributed by atoms with van der Waals surface area (Å²) in [5.41, 5.74) is 0. The summed E-state index contributed by atoms with van der Waals surface area (Å²) >= 11 is 16.8. The number of amides is 2. The molecule has 2 unspecified atom stereocenters. The second-order valence-corrected chi connectivity index (χ2v) is 4.40.